The number of nitrogens with zero attached hydrogens (tertiary/aromatic N) is 5. The van der Waals surface area contributed by atoms with Crippen molar-refractivity contribution in [2.75, 3.05) is 12.0 Å². The summed E-state index contributed by atoms with van der Waals surface area (Å²) in [6.45, 7) is -1.59. The lowest BCUT2D eigenvalue weighted by atomic mass is 10.4. The lowest BCUT2D eigenvalue weighted by Crippen LogP contribution is -2.34. The molecule has 2 heterocycles. The van der Waals surface area contributed by atoms with Gasteiger partial charge in [-0.15, -0.1) is 0 Å². The molecule has 8 nitrogen and oxygen atoms in total. The molecule has 0 atom stereocenters. The second-order valence-electron chi connectivity index (χ2n) is 3.69. The Morgan fingerprint density at radius 3 is 2.67 bits per heavy atom. The van der Waals surface area contributed by atoms with E-state index in [9.17, 15) is 17.6 Å². The van der Waals surface area contributed by atoms with Gasteiger partial charge in [0, 0.05) is 12.4 Å². The smallest absolute Gasteiger partial charge is 0.340 e. The Morgan fingerprint density at radius 2 is 2.10 bits per heavy atom. The Bertz CT molecular complexity index is 592. The van der Waals surface area contributed by atoms with Crippen LogP contribution in [0, 0.1) is 0 Å². The summed E-state index contributed by atoms with van der Waals surface area (Å²) in [6, 6.07) is 0.967. The highest BCUT2D eigenvalue weighted by Gasteiger charge is 2.42. The van der Waals surface area contributed by atoms with E-state index in [0.29, 0.717) is 0 Å². The first-order valence-corrected chi connectivity index (χ1v) is 5.44. The number of alkyl halides is 4. The van der Waals surface area contributed by atoms with Gasteiger partial charge in [-0.05, 0) is 6.07 Å². The van der Waals surface area contributed by atoms with E-state index in [1.165, 1.54) is 17.1 Å². The van der Waals surface area contributed by atoms with Crippen molar-refractivity contribution in [3.63, 3.8) is 0 Å². The molecule has 0 saturated carbocycles. The molecule has 2 rings (SSSR count). The van der Waals surface area contributed by atoms with E-state index in [-0.39, 0.29) is 11.9 Å². The molecular formula is C9H9F4N7O. The summed E-state index contributed by atoms with van der Waals surface area (Å²) in [7, 11) is 0. The fraction of sp³-hybridized carbons (Fsp3) is 0.333. The average molecular weight is 307 g/mol. The third kappa shape index (κ3) is 3.53. The second kappa shape index (κ2) is 5.87. The highest BCUT2D eigenvalue weighted by Crippen LogP contribution is 2.23. The van der Waals surface area contributed by atoms with Crippen LogP contribution >= 0.6 is 0 Å². The molecule has 0 fully saturated rings. The minimum absolute atomic E-state index is 0.0849. The SMILES string of the molecule is NNc1nc(OCC(F)(F)C(F)F)nc(-n2cccn2)n1. The Kier molecular flexibility index (Phi) is 4.16. The second-order valence-corrected chi connectivity index (χ2v) is 3.69. The zero-order valence-corrected chi connectivity index (χ0v) is 10.3. The van der Waals surface area contributed by atoms with Crippen molar-refractivity contribution >= 4 is 5.95 Å². The lowest BCUT2D eigenvalue weighted by Gasteiger charge is -2.15. The van der Waals surface area contributed by atoms with Gasteiger partial charge in [0.25, 0.3) is 5.95 Å². The van der Waals surface area contributed by atoms with E-state index in [1.54, 1.807) is 6.07 Å². The first kappa shape index (κ1) is 14.9. The van der Waals surface area contributed by atoms with Crippen molar-refractivity contribution in [3.05, 3.63) is 18.5 Å². The van der Waals surface area contributed by atoms with Crippen LogP contribution in [0.25, 0.3) is 5.95 Å². The average Bonchev–Trinajstić information content (AvgIpc) is 2.99. The number of hydrazine groups is 1. The zero-order valence-electron chi connectivity index (χ0n) is 10.3. The van der Waals surface area contributed by atoms with E-state index in [4.69, 9.17) is 5.84 Å². The van der Waals surface area contributed by atoms with Crippen LogP contribution in [0.5, 0.6) is 6.01 Å². The van der Waals surface area contributed by atoms with Crippen LogP contribution in [-0.4, -0.2) is 43.7 Å². The van der Waals surface area contributed by atoms with Gasteiger partial charge in [-0.25, -0.2) is 19.3 Å². The maximum absolute atomic E-state index is 12.8. The molecule has 0 aromatic carbocycles. The molecule has 12 heteroatoms. The number of nitrogen functional groups attached to an aromatic ring is 1. The number of hydrogen-bond acceptors (Lipinski definition) is 7. The molecule has 0 aliphatic rings. The number of ether oxygens (including phenoxy) is 1. The fourth-order valence-corrected chi connectivity index (χ4v) is 1.19. The summed E-state index contributed by atoms with van der Waals surface area (Å²) >= 11 is 0. The molecule has 0 aliphatic heterocycles. The molecule has 3 N–H and O–H groups in total. The third-order valence-electron chi connectivity index (χ3n) is 2.15. The maximum atomic E-state index is 12.8. The van der Waals surface area contributed by atoms with Crippen molar-refractivity contribution in [2.45, 2.75) is 12.3 Å². The van der Waals surface area contributed by atoms with Crippen LogP contribution in [0.2, 0.25) is 0 Å². The summed E-state index contributed by atoms with van der Waals surface area (Å²) in [5.41, 5.74) is 2.07. The largest absolute Gasteiger partial charge is 0.457 e. The van der Waals surface area contributed by atoms with E-state index in [0.717, 1.165) is 0 Å². The zero-order chi connectivity index (χ0) is 15.5. The van der Waals surface area contributed by atoms with Gasteiger partial charge in [-0.2, -0.15) is 28.8 Å². The summed E-state index contributed by atoms with van der Waals surface area (Å²) in [6.07, 6.45) is -0.977. The van der Waals surface area contributed by atoms with Crippen molar-refractivity contribution < 1.29 is 22.3 Å². The topological polar surface area (TPSA) is 104 Å². The maximum Gasteiger partial charge on any atom is 0.340 e. The molecule has 0 unspecified atom stereocenters. The van der Waals surface area contributed by atoms with Gasteiger partial charge in [0.1, 0.15) is 0 Å². The molecule has 0 aliphatic carbocycles. The molecular weight excluding hydrogens is 298 g/mol. The number of hydrogen-bond donors (Lipinski definition) is 2. The fourth-order valence-electron chi connectivity index (χ4n) is 1.19. The van der Waals surface area contributed by atoms with Gasteiger partial charge in [0.05, 0.1) is 0 Å². The molecule has 0 spiro atoms. The molecule has 2 aromatic rings. The van der Waals surface area contributed by atoms with Crippen molar-refractivity contribution in [3.8, 4) is 12.0 Å². The monoisotopic (exact) mass is 307 g/mol. The highest BCUT2D eigenvalue weighted by molar-refractivity contribution is 5.28. The van der Waals surface area contributed by atoms with Crippen LogP contribution in [-0.2, 0) is 0 Å². The molecule has 21 heavy (non-hydrogen) atoms. The summed E-state index contributed by atoms with van der Waals surface area (Å²) in [4.78, 5) is 11.0. The van der Waals surface area contributed by atoms with Gasteiger partial charge < -0.3 is 4.74 Å². The molecule has 0 bridgehead atoms. The van der Waals surface area contributed by atoms with Crippen LogP contribution < -0.4 is 16.0 Å². The van der Waals surface area contributed by atoms with Gasteiger partial charge >= 0.3 is 18.4 Å². The van der Waals surface area contributed by atoms with Crippen molar-refractivity contribution in [2.24, 2.45) is 5.84 Å². The lowest BCUT2D eigenvalue weighted by molar-refractivity contribution is -0.149. The third-order valence-corrected chi connectivity index (χ3v) is 2.15. The van der Waals surface area contributed by atoms with Crippen molar-refractivity contribution in [1.29, 1.82) is 0 Å². The number of anilines is 1. The first-order chi connectivity index (χ1) is 9.92. The Hall–Kier alpha value is -2.50. The normalized spacial score (nSPS) is 11.7. The molecule has 114 valence electrons. The van der Waals surface area contributed by atoms with E-state index < -0.39 is 25.0 Å². The van der Waals surface area contributed by atoms with E-state index in [2.05, 4.69) is 30.2 Å². The predicted octanol–water partition coefficient (Wildman–Crippen LogP) is 0.622. The number of aromatic nitrogens is 5. The van der Waals surface area contributed by atoms with Gasteiger partial charge in [0.2, 0.25) is 5.95 Å². The standard InChI is InChI=1S/C9H9F4N7O/c10-5(11)9(12,13)4-21-8-17-6(19-14)16-7(18-8)20-3-1-2-15-20/h1-3,5H,4,14H2,(H,16,17,18,19). The van der Waals surface area contributed by atoms with Crippen LogP contribution in [0.15, 0.2) is 18.5 Å². The van der Waals surface area contributed by atoms with Gasteiger partial charge in [-0.3, -0.25) is 5.43 Å². The number of rotatable bonds is 6. The summed E-state index contributed by atoms with van der Waals surface area (Å²) in [5.74, 6) is 0.503. The van der Waals surface area contributed by atoms with Crippen LogP contribution in [0.3, 0.4) is 0 Å². The number of nitrogens with one attached hydrogen (secondary N) is 1. The minimum Gasteiger partial charge on any atom is -0.457 e. The van der Waals surface area contributed by atoms with Crippen LogP contribution in [0.4, 0.5) is 23.5 Å². The first-order valence-electron chi connectivity index (χ1n) is 5.44. The summed E-state index contributed by atoms with van der Waals surface area (Å²) < 4.78 is 55.3. The van der Waals surface area contributed by atoms with E-state index in [1.807, 2.05) is 0 Å². The summed E-state index contributed by atoms with van der Waals surface area (Å²) in [5, 5.41) is 3.81. The Labute approximate surface area is 114 Å². The molecule has 2 aromatic heterocycles. The number of nitrogens with two attached hydrogens (primary N) is 1. The quantitative estimate of drug-likeness (QED) is 0.458. The molecule has 0 amide bonds. The Morgan fingerprint density at radius 1 is 1.33 bits per heavy atom. The van der Waals surface area contributed by atoms with Crippen molar-refractivity contribution in [1.82, 2.24) is 24.7 Å². The predicted molar refractivity (Wildman–Crippen MR) is 61.2 cm³/mol. The highest BCUT2D eigenvalue weighted by atomic mass is 19.3. The molecule has 0 saturated heterocycles. The molecule has 0 radical (unpaired) electrons. The van der Waals surface area contributed by atoms with E-state index >= 15 is 0 Å². The van der Waals surface area contributed by atoms with Crippen LogP contribution in [0.1, 0.15) is 0 Å². The van der Waals surface area contributed by atoms with Gasteiger partial charge in [-0.1, -0.05) is 0 Å². The minimum atomic E-state index is -4.32. The Balaban J connectivity index is 2.22. The van der Waals surface area contributed by atoms with Gasteiger partial charge in [0.15, 0.2) is 6.61 Å². The number of halogens is 4.